The molecule has 2 aromatic rings. The van der Waals surface area contributed by atoms with Gasteiger partial charge in [0, 0.05) is 5.69 Å². The van der Waals surface area contributed by atoms with E-state index in [2.05, 4.69) is 25.2 Å². The first-order chi connectivity index (χ1) is 10.5. The zero-order valence-electron chi connectivity index (χ0n) is 11.2. The number of carbonyl (C=O) groups excluding carboxylic acids is 1. The first-order valence-corrected chi connectivity index (χ1v) is 7.28. The summed E-state index contributed by atoms with van der Waals surface area (Å²) < 4.78 is 28.5. The molecular formula is C12H11ClF2N4O2S. The second-order valence-corrected chi connectivity index (χ2v) is 5.80. The van der Waals surface area contributed by atoms with Crippen LogP contribution in [0.4, 0.5) is 14.5 Å². The third-order valence-electron chi connectivity index (χ3n) is 2.47. The van der Waals surface area contributed by atoms with E-state index in [0.29, 0.717) is 10.8 Å². The molecule has 0 saturated heterocycles. The van der Waals surface area contributed by atoms with Crippen molar-refractivity contribution in [1.82, 2.24) is 15.2 Å². The predicted molar refractivity (Wildman–Crippen MR) is 78.4 cm³/mol. The van der Waals surface area contributed by atoms with E-state index in [9.17, 15) is 13.6 Å². The van der Waals surface area contributed by atoms with Crippen LogP contribution in [0.2, 0.25) is 5.02 Å². The molecule has 1 aromatic carbocycles. The quantitative estimate of drug-likeness (QED) is 0.784. The summed E-state index contributed by atoms with van der Waals surface area (Å²) in [6.45, 7) is -1.27. The van der Waals surface area contributed by atoms with Crippen LogP contribution in [0.3, 0.4) is 0 Å². The fraction of sp³-hybridized carbons (Fsp3) is 0.250. The predicted octanol–water partition coefficient (Wildman–Crippen LogP) is 3.18. The van der Waals surface area contributed by atoms with Crippen molar-refractivity contribution in [1.29, 1.82) is 0 Å². The molecular weight excluding hydrogens is 338 g/mol. The highest BCUT2D eigenvalue weighted by atomic mass is 35.5. The highest BCUT2D eigenvalue weighted by molar-refractivity contribution is 8.00. The van der Waals surface area contributed by atoms with Gasteiger partial charge in [-0.25, -0.2) is 4.98 Å². The van der Waals surface area contributed by atoms with Crippen LogP contribution in [0, 0.1) is 0 Å². The first kappa shape index (κ1) is 16.5. The topological polar surface area (TPSA) is 79.9 Å². The fourth-order valence-corrected chi connectivity index (χ4v) is 2.43. The van der Waals surface area contributed by atoms with Gasteiger partial charge in [-0.3, -0.25) is 9.89 Å². The van der Waals surface area contributed by atoms with Gasteiger partial charge in [0.1, 0.15) is 12.1 Å². The van der Waals surface area contributed by atoms with Gasteiger partial charge in [-0.2, -0.15) is 13.9 Å². The van der Waals surface area contributed by atoms with E-state index < -0.39 is 11.9 Å². The van der Waals surface area contributed by atoms with Crippen molar-refractivity contribution >= 4 is 35.0 Å². The third-order valence-corrected chi connectivity index (χ3v) is 3.75. The van der Waals surface area contributed by atoms with Crippen molar-refractivity contribution in [3.05, 3.63) is 29.5 Å². The Bertz CT molecular complexity index is 642. The van der Waals surface area contributed by atoms with Gasteiger partial charge in [-0.1, -0.05) is 23.4 Å². The van der Waals surface area contributed by atoms with E-state index in [4.69, 9.17) is 11.6 Å². The lowest BCUT2D eigenvalue weighted by Crippen LogP contribution is -2.22. The number of amides is 1. The number of nitrogens with one attached hydrogen (secondary N) is 2. The molecule has 2 N–H and O–H groups in total. The molecule has 2 rings (SSSR count). The summed E-state index contributed by atoms with van der Waals surface area (Å²) in [5.74, 6) is -0.446. The van der Waals surface area contributed by atoms with Crippen LogP contribution in [-0.2, 0) is 4.79 Å². The number of hydrogen-bond donors (Lipinski definition) is 2. The zero-order valence-corrected chi connectivity index (χ0v) is 12.8. The summed E-state index contributed by atoms with van der Waals surface area (Å²) in [6, 6.07) is 4.02. The number of ether oxygens (including phenoxy) is 1. The van der Waals surface area contributed by atoms with Crippen LogP contribution in [0.15, 0.2) is 29.7 Å². The maximum atomic E-state index is 12.1. The number of benzene rings is 1. The number of aromatic amines is 1. The van der Waals surface area contributed by atoms with Crippen molar-refractivity contribution in [2.75, 3.05) is 5.32 Å². The van der Waals surface area contributed by atoms with Crippen LogP contribution >= 0.6 is 23.4 Å². The summed E-state index contributed by atoms with van der Waals surface area (Å²) in [4.78, 5) is 15.9. The minimum Gasteiger partial charge on any atom is -0.433 e. The summed E-state index contributed by atoms with van der Waals surface area (Å²) in [5, 5.41) is 9.00. The molecule has 1 aromatic heterocycles. The molecule has 0 radical (unpaired) electrons. The Labute approximate surface area is 133 Å². The second kappa shape index (κ2) is 7.41. The number of carbonyl (C=O) groups is 1. The van der Waals surface area contributed by atoms with Gasteiger partial charge >= 0.3 is 6.61 Å². The number of rotatable bonds is 6. The highest BCUT2D eigenvalue weighted by Gasteiger charge is 2.17. The van der Waals surface area contributed by atoms with Crippen LogP contribution in [0.25, 0.3) is 0 Å². The lowest BCUT2D eigenvalue weighted by molar-refractivity contribution is -0.115. The van der Waals surface area contributed by atoms with E-state index in [0.717, 1.165) is 0 Å². The molecule has 1 amide bonds. The van der Waals surface area contributed by atoms with Crippen LogP contribution < -0.4 is 10.1 Å². The third kappa shape index (κ3) is 4.57. The Hall–Kier alpha value is -1.87. The lowest BCUT2D eigenvalue weighted by atomic mass is 10.3. The van der Waals surface area contributed by atoms with Crippen LogP contribution in [-0.4, -0.2) is 32.9 Å². The van der Waals surface area contributed by atoms with Gasteiger partial charge in [0.2, 0.25) is 5.91 Å². The van der Waals surface area contributed by atoms with Gasteiger partial charge in [-0.05, 0) is 25.1 Å². The summed E-state index contributed by atoms with van der Waals surface area (Å²) >= 11 is 7.01. The molecule has 0 fully saturated rings. The van der Waals surface area contributed by atoms with Gasteiger partial charge in [0.25, 0.3) is 0 Å². The average Bonchev–Trinajstić information content (AvgIpc) is 2.94. The molecule has 10 heteroatoms. The number of aromatic nitrogens is 3. The summed E-state index contributed by atoms with van der Waals surface area (Å²) in [5.41, 5.74) is 0.377. The van der Waals surface area contributed by atoms with Gasteiger partial charge < -0.3 is 10.1 Å². The highest BCUT2D eigenvalue weighted by Crippen LogP contribution is 2.29. The fourth-order valence-electron chi connectivity index (χ4n) is 1.49. The number of nitrogens with zero attached hydrogens (tertiary/aromatic N) is 2. The maximum absolute atomic E-state index is 12.1. The SMILES string of the molecule is CC(Sc1ncn[nH]1)C(=O)Nc1ccc(OC(F)F)c(Cl)c1. The molecule has 1 atom stereocenters. The normalized spacial score (nSPS) is 12.2. The molecule has 0 bridgehead atoms. The molecule has 0 spiro atoms. The minimum atomic E-state index is -2.96. The van der Waals surface area contributed by atoms with E-state index in [-0.39, 0.29) is 16.7 Å². The molecule has 22 heavy (non-hydrogen) atoms. The Balaban J connectivity index is 1.97. The van der Waals surface area contributed by atoms with Crippen molar-refractivity contribution in [3.8, 4) is 5.75 Å². The van der Waals surface area contributed by atoms with E-state index in [1.165, 1.54) is 36.3 Å². The van der Waals surface area contributed by atoms with Crippen molar-refractivity contribution in [3.63, 3.8) is 0 Å². The van der Waals surface area contributed by atoms with E-state index >= 15 is 0 Å². The van der Waals surface area contributed by atoms with Gasteiger partial charge in [0.15, 0.2) is 5.16 Å². The van der Waals surface area contributed by atoms with E-state index in [1.54, 1.807) is 6.92 Å². The molecule has 0 aliphatic carbocycles. The molecule has 0 aliphatic rings. The Kier molecular flexibility index (Phi) is 5.56. The number of anilines is 1. The Morgan fingerprint density at radius 3 is 2.86 bits per heavy atom. The smallest absolute Gasteiger partial charge is 0.387 e. The number of thioether (sulfide) groups is 1. The van der Waals surface area contributed by atoms with Crippen molar-refractivity contribution in [2.45, 2.75) is 23.9 Å². The van der Waals surface area contributed by atoms with Gasteiger partial charge in [0.05, 0.1) is 10.3 Å². The van der Waals surface area contributed by atoms with Crippen molar-refractivity contribution < 1.29 is 18.3 Å². The number of alkyl halides is 2. The maximum Gasteiger partial charge on any atom is 0.387 e. The number of hydrogen-bond acceptors (Lipinski definition) is 5. The lowest BCUT2D eigenvalue weighted by Gasteiger charge is -2.12. The standard InChI is InChI=1S/C12H11ClF2N4O2S/c1-6(22-12-16-5-17-19-12)10(20)18-7-2-3-9(8(13)4-7)21-11(14)15/h2-6,11H,1H3,(H,18,20)(H,16,17,19). The van der Waals surface area contributed by atoms with Crippen LogP contribution in [0.5, 0.6) is 5.75 Å². The Morgan fingerprint density at radius 1 is 1.50 bits per heavy atom. The first-order valence-electron chi connectivity index (χ1n) is 6.03. The van der Waals surface area contributed by atoms with Crippen molar-refractivity contribution in [2.24, 2.45) is 0 Å². The molecule has 118 valence electrons. The minimum absolute atomic E-state index is 0.0198. The largest absolute Gasteiger partial charge is 0.433 e. The average molecular weight is 349 g/mol. The van der Waals surface area contributed by atoms with Gasteiger partial charge in [-0.15, -0.1) is 0 Å². The number of H-pyrrole nitrogens is 1. The molecule has 1 unspecified atom stereocenters. The molecule has 0 aliphatic heterocycles. The number of halogens is 3. The van der Waals surface area contributed by atoms with E-state index in [1.807, 2.05) is 0 Å². The second-order valence-electron chi connectivity index (χ2n) is 4.06. The Morgan fingerprint density at radius 2 is 2.27 bits per heavy atom. The summed E-state index contributed by atoms with van der Waals surface area (Å²) in [7, 11) is 0. The molecule has 0 saturated carbocycles. The molecule has 1 heterocycles. The van der Waals surface area contributed by atoms with Crippen LogP contribution in [0.1, 0.15) is 6.92 Å². The monoisotopic (exact) mass is 348 g/mol. The summed E-state index contributed by atoms with van der Waals surface area (Å²) in [6.07, 6.45) is 1.34. The zero-order chi connectivity index (χ0) is 16.1. The molecule has 6 nitrogen and oxygen atoms in total.